The maximum atomic E-state index is 14.2. The van der Waals surface area contributed by atoms with Crippen molar-refractivity contribution in [2.45, 2.75) is 6.92 Å². The van der Waals surface area contributed by atoms with Gasteiger partial charge in [-0.25, -0.2) is 9.07 Å². The Morgan fingerprint density at radius 2 is 1.69 bits per heavy atom. The smallest absolute Gasteiger partial charge is 0.272 e. The van der Waals surface area contributed by atoms with Crippen molar-refractivity contribution in [2.24, 2.45) is 0 Å². The standard InChI is InChI=1S/C28H27FN4O2/c1-20-7-5-9-22(17-20)33-27(19-25(30-33)21-8-6-10-23(18-21)35-2)28(34)32-15-13-31(14-16-32)26-12-4-3-11-24(26)29/h3-12,17-19H,13-16H2,1-2H3. The Kier molecular flexibility index (Phi) is 6.23. The van der Waals surface area contributed by atoms with E-state index >= 15 is 0 Å². The summed E-state index contributed by atoms with van der Waals surface area (Å²) < 4.78 is 21.3. The molecule has 0 atom stereocenters. The fraction of sp³-hybridized carbons (Fsp3) is 0.214. The number of halogens is 1. The number of hydrogen-bond acceptors (Lipinski definition) is 4. The summed E-state index contributed by atoms with van der Waals surface area (Å²) in [6, 6.07) is 24.2. The molecular formula is C28H27FN4O2. The monoisotopic (exact) mass is 470 g/mol. The van der Waals surface area contributed by atoms with Gasteiger partial charge in [-0.15, -0.1) is 0 Å². The SMILES string of the molecule is COc1cccc(-c2cc(C(=O)N3CCN(c4ccccc4F)CC3)n(-c3cccc(C)c3)n2)c1. The highest BCUT2D eigenvalue weighted by molar-refractivity contribution is 5.94. The van der Waals surface area contributed by atoms with Gasteiger partial charge in [-0.1, -0.05) is 36.4 Å². The molecule has 178 valence electrons. The Labute approximate surface area is 204 Å². The predicted octanol–water partition coefficient (Wildman–Crippen LogP) is 4.96. The van der Waals surface area contributed by atoms with Crippen LogP contribution in [0.5, 0.6) is 5.75 Å². The summed E-state index contributed by atoms with van der Waals surface area (Å²) >= 11 is 0. The number of anilines is 1. The van der Waals surface area contributed by atoms with Crippen molar-refractivity contribution in [1.29, 1.82) is 0 Å². The van der Waals surface area contributed by atoms with E-state index in [9.17, 15) is 9.18 Å². The zero-order valence-corrected chi connectivity index (χ0v) is 19.8. The average molecular weight is 471 g/mol. The Morgan fingerprint density at radius 1 is 0.914 bits per heavy atom. The summed E-state index contributed by atoms with van der Waals surface area (Å²) in [5.74, 6) is 0.388. The van der Waals surface area contributed by atoms with Gasteiger partial charge in [0.25, 0.3) is 5.91 Å². The second-order valence-electron chi connectivity index (χ2n) is 8.63. The molecule has 1 fully saturated rings. The number of para-hydroxylation sites is 1. The molecule has 0 bridgehead atoms. The molecule has 7 heteroatoms. The lowest BCUT2D eigenvalue weighted by molar-refractivity contribution is 0.0737. The molecule has 4 aromatic rings. The van der Waals surface area contributed by atoms with Crippen molar-refractivity contribution in [3.63, 3.8) is 0 Å². The van der Waals surface area contributed by atoms with Crippen LogP contribution in [-0.2, 0) is 0 Å². The van der Waals surface area contributed by atoms with Gasteiger partial charge in [-0.05, 0) is 55.0 Å². The average Bonchev–Trinajstić information content (AvgIpc) is 3.34. The molecule has 0 N–H and O–H groups in total. The Hall–Kier alpha value is -4.13. The lowest BCUT2D eigenvalue weighted by Crippen LogP contribution is -2.49. The van der Waals surface area contributed by atoms with Crippen molar-refractivity contribution < 1.29 is 13.9 Å². The van der Waals surface area contributed by atoms with E-state index in [4.69, 9.17) is 9.84 Å². The number of carbonyl (C=O) groups excluding carboxylic acids is 1. The number of amides is 1. The van der Waals surface area contributed by atoms with Gasteiger partial charge in [0.15, 0.2) is 0 Å². The van der Waals surface area contributed by atoms with Crippen molar-refractivity contribution in [3.8, 4) is 22.7 Å². The first-order chi connectivity index (χ1) is 17.0. The van der Waals surface area contributed by atoms with E-state index in [-0.39, 0.29) is 11.7 Å². The van der Waals surface area contributed by atoms with Gasteiger partial charge in [-0.2, -0.15) is 5.10 Å². The summed E-state index contributed by atoms with van der Waals surface area (Å²) in [7, 11) is 1.63. The molecule has 1 aliphatic heterocycles. The van der Waals surface area contributed by atoms with Crippen molar-refractivity contribution in [3.05, 3.63) is 95.9 Å². The molecule has 6 nitrogen and oxygen atoms in total. The van der Waals surface area contributed by atoms with E-state index in [1.165, 1.54) is 6.07 Å². The number of methoxy groups -OCH3 is 1. The number of benzene rings is 3. The van der Waals surface area contributed by atoms with Crippen LogP contribution in [-0.4, -0.2) is 53.9 Å². The number of piperazine rings is 1. The second-order valence-corrected chi connectivity index (χ2v) is 8.63. The molecule has 1 amide bonds. The highest BCUT2D eigenvalue weighted by Gasteiger charge is 2.27. The van der Waals surface area contributed by atoms with Crippen LogP contribution in [0, 0.1) is 12.7 Å². The predicted molar refractivity (Wildman–Crippen MR) is 135 cm³/mol. The molecule has 0 spiro atoms. The first-order valence-electron chi connectivity index (χ1n) is 11.6. The van der Waals surface area contributed by atoms with Crippen LogP contribution in [0.3, 0.4) is 0 Å². The molecule has 0 unspecified atom stereocenters. The first-order valence-corrected chi connectivity index (χ1v) is 11.6. The molecule has 1 aliphatic rings. The topological polar surface area (TPSA) is 50.6 Å². The van der Waals surface area contributed by atoms with E-state index in [1.54, 1.807) is 23.9 Å². The number of rotatable bonds is 5. The zero-order chi connectivity index (χ0) is 24.4. The van der Waals surface area contributed by atoms with Gasteiger partial charge in [0.05, 0.1) is 24.2 Å². The molecule has 0 aliphatic carbocycles. The second kappa shape index (κ2) is 9.62. The number of aryl methyl sites for hydroxylation is 1. The van der Waals surface area contributed by atoms with Crippen molar-refractivity contribution in [2.75, 3.05) is 38.2 Å². The first kappa shape index (κ1) is 22.7. The Bertz CT molecular complexity index is 1360. The third-order valence-corrected chi connectivity index (χ3v) is 6.30. The van der Waals surface area contributed by atoms with Gasteiger partial charge in [-0.3, -0.25) is 4.79 Å². The maximum absolute atomic E-state index is 14.2. The molecule has 0 radical (unpaired) electrons. The summed E-state index contributed by atoms with van der Waals surface area (Å²) in [6.07, 6.45) is 0. The molecule has 1 aromatic heterocycles. The van der Waals surface area contributed by atoms with Crippen LogP contribution in [0.2, 0.25) is 0 Å². The van der Waals surface area contributed by atoms with Gasteiger partial charge >= 0.3 is 0 Å². The zero-order valence-electron chi connectivity index (χ0n) is 19.8. The number of nitrogens with zero attached hydrogens (tertiary/aromatic N) is 4. The number of ether oxygens (including phenoxy) is 1. The fourth-order valence-electron chi connectivity index (χ4n) is 4.43. The van der Waals surface area contributed by atoms with E-state index in [2.05, 4.69) is 0 Å². The summed E-state index contributed by atoms with van der Waals surface area (Å²) in [4.78, 5) is 17.5. The fourth-order valence-corrected chi connectivity index (χ4v) is 4.43. The highest BCUT2D eigenvalue weighted by atomic mass is 19.1. The quantitative estimate of drug-likeness (QED) is 0.414. The molecular weight excluding hydrogens is 443 g/mol. The third kappa shape index (κ3) is 4.62. The highest BCUT2D eigenvalue weighted by Crippen LogP contribution is 2.27. The molecule has 0 saturated carbocycles. The molecule has 1 saturated heterocycles. The molecule has 2 heterocycles. The van der Waals surface area contributed by atoms with E-state index in [0.29, 0.717) is 43.3 Å². The van der Waals surface area contributed by atoms with Crippen LogP contribution >= 0.6 is 0 Å². The largest absolute Gasteiger partial charge is 0.497 e. The number of hydrogen-bond donors (Lipinski definition) is 0. The van der Waals surface area contributed by atoms with Crippen molar-refractivity contribution in [1.82, 2.24) is 14.7 Å². The summed E-state index contributed by atoms with van der Waals surface area (Å²) in [5.41, 5.74) is 4.54. The Balaban J connectivity index is 1.45. The van der Waals surface area contributed by atoms with E-state index < -0.39 is 0 Å². The third-order valence-electron chi connectivity index (χ3n) is 6.30. The van der Waals surface area contributed by atoms with Gasteiger partial charge < -0.3 is 14.5 Å². The minimum absolute atomic E-state index is 0.0960. The molecule has 35 heavy (non-hydrogen) atoms. The van der Waals surface area contributed by atoms with Crippen LogP contribution in [0.15, 0.2) is 78.9 Å². The van der Waals surface area contributed by atoms with E-state index in [1.807, 2.05) is 77.4 Å². The van der Waals surface area contributed by atoms with Gasteiger partial charge in [0.1, 0.15) is 17.3 Å². The Morgan fingerprint density at radius 3 is 2.43 bits per heavy atom. The lowest BCUT2D eigenvalue weighted by atomic mass is 10.1. The lowest BCUT2D eigenvalue weighted by Gasteiger charge is -2.36. The molecule has 5 rings (SSSR count). The maximum Gasteiger partial charge on any atom is 0.272 e. The minimum Gasteiger partial charge on any atom is -0.497 e. The van der Waals surface area contributed by atoms with Crippen LogP contribution in [0.25, 0.3) is 16.9 Å². The summed E-state index contributed by atoms with van der Waals surface area (Å²) in [6.45, 7) is 4.14. The van der Waals surface area contributed by atoms with E-state index in [0.717, 1.165) is 22.6 Å². The van der Waals surface area contributed by atoms with Crippen LogP contribution < -0.4 is 9.64 Å². The normalized spacial score (nSPS) is 13.7. The number of carbonyl (C=O) groups is 1. The number of aromatic nitrogens is 2. The van der Waals surface area contributed by atoms with Gasteiger partial charge in [0, 0.05) is 31.7 Å². The van der Waals surface area contributed by atoms with Crippen LogP contribution in [0.4, 0.5) is 10.1 Å². The minimum atomic E-state index is -0.243. The van der Waals surface area contributed by atoms with Gasteiger partial charge in [0.2, 0.25) is 0 Å². The summed E-state index contributed by atoms with van der Waals surface area (Å²) in [5, 5.41) is 4.81. The molecule has 3 aromatic carbocycles. The van der Waals surface area contributed by atoms with Crippen LogP contribution in [0.1, 0.15) is 16.1 Å². The van der Waals surface area contributed by atoms with Crippen molar-refractivity contribution >= 4 is 11.6 Å².